The first kappa shape index (κ1) is 28.3. The molecule has 198 valence electrons. The van der Waals surface area contributed by atoms with Gasteiger partial charge in [0.25, 0.3) is 10.1 Å². The van der Waals surface area contributed by atoms with Crippen LogP contribution in [0.2, 0.25) is 0 Å². The third-order valence-corrected chi connectivity index (χ3v) is 8.14. The summed E-state index contributed by atoms with van der Waals surface area (Å²) in [6.45, 7) is 3.47. The average molecular weight is 569 g/mol. The van der Waals surface area contributed by atoms with Crippen molar-refractivity contribution in [1.82, 2.24) is 0 Å². The predicted molar refractivity (Wildman–Crippen MR) is 143 cm³/mol. The normalized spacial score (nSPS) is 12.2. The van der Waals surface area contributed by atoms with Gasteiger partial charge in [0.05, 0.1) is 11.4 Å². The molecule has 0 aliphatic heterocycles. The smallest absolute Gasteiger partial charge is 0.296 e. The summed E-state index contributed by atoms with van der Waals surface area (Å²) in [5.74, 6) is -2.50. The van der Waals surface area contributed by atoms with Crippen LogP contribution in [-0.2, 0) is 24.7 Å². The number of anilines is 2. The first-order valence-corrected chi connectivity index (χ1v) is 14.6. The Morgan fingerprint density at radius 2 is 1.76 bits per heavy atom. The molecule has 0 unspecified atom stereocenters. The van der Waals surface area contributed by atoms with Gasteiger partial charge in [-0.1, -0.05) is 12.1 Å². The standard InChI is InChI=1S/C23H25ClN4O7S2/c1-13-8-15-10-19(37(33,34)35)22(23(30)21(15)18(9-13)25-3)28-27-17-11-16(5-4-14(17)2)26-20(29)12-36(31,32)7-6-24/h4-5,8-11,25,30H,6-7,12H2,1-3H3,(H,26,29)(H,33,34,35). The molecule has 4 N–H and O–H groups in total. The molecule has 0 heterocycles. The van der Waals surface area contributed by atoms with Gasteiger partial charge in [0.2, 0.25) is 5.91 Å². The van der Waals surface area contributed by atoms with E-state index in [1.807, 2.05) is 0 Å². The van der Waals surface area contributed by atoms with Crippen molar-refractivity contribution in [1.29, 1.82) is 0 Å². The maximum Gasteiger partial charge on any atom is 0.296 e. The summed E-state index contributed by atoms with van der Waals surface area (Å²) < 4.78 is 57.7. The molecule has 0 bridgehead atoms. The van der Waals surface area contributed by atoms with E-state index in [4.69, 9.17) is 11.6 Å². The van der Waals surface area contributed by atoms with E-state index in [0.717, 1.165) is 5.56 Å². The number of carbonyl (C=O) groups is 1. The molecule has 0 atom stereocenters. The van der Waals surface area contributed by atoms with Crippen molar-refractivity contribution in [3.05, 3.63) is 47.5 Å². The van der Waals surface area contributed by atoms with Crippen LogP contribution >= 0.6 is 11.6 Å². The van der Waals surface area contributed by atoms with E-state index in [2.05, 4.69) is 20.9 Å². The molecule has 0 fully saturated rings. The van der Waals surface area contributed by atoms with Crippen LogP contribution in [-0.4, -0.2) is 56.8 Å². The third kappa shape index (κ3) is 6.74. The first-order valence-electron chi connectivity index (χ1n) is 10.8. The summed E-state index contributed by atoms with van der Waals surface area (Å²) in [6.07, 6.45) is 0. The lowest BCUT2D eigenvalue weighted by molar-refractivity contribution is -0.113. The average Bonchev–Trinajstić information content (AvgIpc) is 2.78. The van der Waals surface area contributed by atoms with Gasteiger partial charge in [-0.3, -0.25) is 9.35 Å². The van der Waals surface area contributed by atoms with Crippen LogP contribution in [0.5, 0.6) is 5.75 Å². The van der Waals surface area contributed by atoms with Crippen molar-refractivity contribution in [3.63, 3.8) is 0 Å². The molecule has 0 aliphatic rings. The molecule has 14 heteroatoms. The van der Waals surface area contributed by atoms with E-state index < -0.39 is 47.9 Å². The highest BCUT2D eigenvalue weighted by molar-refractivity contribution is 7.92. The number of benzene rings is 3. The van der Waals surface area contributed by atoms with Crippen LogP contribution < -0.4 is 10.6 Å². The van der Waals surface area contributed by atoms with Crippen molar-refractivity contribution in [3.8, 4) is 5.75 Å². The third-order valence-electron chi connectivity index (χ3n) is 5.33. The minimum Gasteiger partial charge on any atom is -0.505 e. The van der Waals surface area contributed by atoms with Crippen molar-refractivity contribution >= 4 is 71.0 Å². The van der Waals surface area contributed by atoms with E-state index in [-0.39, 0.29) is 28.4 Å². The van der Waals surface area contributed by atoms with Gasteiger partial charge in [-0.05, 0) is 54.6 Å². The monoisotopic (exact) mass is 568 g/mol. The van der Waals surface area contributed by atoms with Gasteiger partial charge in [-0.15, -0.1) is 16.7 Å². The molecule has 1 amide bonds. The first-order chi connectivity index (χ1) is 17.3. The molecule has 0 aliphatic carbocycles. The van der Waals surface area contributed by atoms with Gasteiger partial charge in [-0.2, -0.15) is 13.5 Å². The Kier molecular flexibility index (Phi) is 8.42. The Hall–Kier alpha value is -3.26. The summed E-state index contributed by atoms with van der Waals surface area (Å²) in [6, 6.07) is 9.10. The summed E-state index contributed by atoms with van der Waals surface area (Å²) >= 11 is 5.45. The second-order valence-electron chi connectivity index (χ2n) is 8.24. The summed E-state index contributed by atoms with van der Waals surface area (Å²) in [7, 11) is -6.83. The van der Waals surface area contributed by atoms with Crippen LogP contribution in [0, 0.1) is 13.8 Å². The summed E-state index contributed by atoms with van der Waals surface area (Å²) in [5.41, 5.74) is 1.82. The molecule has 0 saturated carbocycles. The lowest BCUT2D eigenvalue weighted by Gasteiger charge is -2.13. The summed E-state index contributed by atoms with van der Waals surface area (Å²) in [5, 5.41) is 25.0. The predicted octanol–water partition coefficient (Wildman–Crippen LogP) is 4.46. The Labute approximate surface area is 219 Å². The Morgan fingerprint density at radius 1 is 1.05 bits per heavy atom. The summed E-state index contributed by atoms with van der Waals surface area (Å²) in [4.78, 5) is 11.5. The number of halogens is 1. The Bertz CT molecular complexity index is 1620. The van der Waals surface area contributed by atoms with Crippen LogP contribution in [0.4, 0.5) is 22.7 Å². The number of carbonyl (C=O) groups excluding carboxylic acids is 1. The van der Waals surface area contributed by atoms with Crippen molar-refractivity contribution in [2.24, 2.45) is 10.2 Å². The number of fused-ring (bicyclic) bond motifs is 1. The van der Waals surface area contributed by atoms with Gasteiger partial charge in [-0.25, -0.2) is 8.42 Å². The van der Waals surface area contributed by atoms with Gasteiger partial charge in [0.1, 0.15) is 16.3 Å². The molecule has 3 rings (SSSR count). The van der Waals surface area contributed by atoms with Crippen LogP contribution in [0.1, 0.15) is 11.1 Å². The SMILES string of the molecule is CNc1cc(C)cc2cc(S(=O)(=O)O)c(N=Nc3cc(NC(=O)CS(=O)(=O)CCCl)ccc3C)c(O)c12. The van der Waals surface area contributed by atoms with E-state index in [0.29, 0.717) is 16.6 Å². The topological polar surface area (TPSA) is 175 Å². The van der Waals surface area contributed by atoms with E-state index >= 15 is 0 Å². The Balaban J connectivity index is 2.06. The second-order valence-corrected chi connectivity index (χ2v) is 12.2. The highest BCUT2D eigenvalue weighted by Gasteiger charge is 2.23. The van der Waals surface area contributed by atoms with Crippen LogP contribution in [0.15, 0.2) is 51.5 Å². The number of hydrogen-bond acceptors (Lipinski definition) is 9. The van der Waals surface area contributed by atoms with Gasteiger partial charge in [0, 0.05) is 29.7 Å². The molecule has 0 aromatic heterocycles. The number of hydrogen-bond donors (Lipinski definition) is 4. The highest BCUT2D eigenvalue weighted by atomic mass is 35.5. The van der Waals surface area contributed by atoms with E-state index in [1.165, 1.54) is 18.2 Å². The fourth-order valence-corrected chi connectivity index (χ4v) is 5.83. The minimum atomic E-state index is -4.80. The number of nitrogens with zero attached hydrogens (tertiary/aromatic N) is 2. The fourth-order valence-electron chi connectivity index (χ4n) is 3.61. The highest BCUT2D eigenvalue weighted by Crippen LogP contribution is 2.44. The quantitative estimate of drug-likeness (QED) is 0.166. The number of phenolic OH excluding ortho intramolecular Hbond substituents is 1. The number of aryl methyl sites for hydroxylation is 2. The number of nitrogens with one attached hydrogen (secondary N) is 2. The van der Waals surface area contributed by atoms with E-state index in [9.17, 15) is 31.3 Å². The molecule has 0 saturated heterocycles. The largest absolute Gasteiger partial charge is 0.505 e. The lowest BCUT2D eigenvalue weighted by Crippen LogP contribution is -2.25. The van der Waals surface area contributed by atoms with E-state index in [1.54, 1.807) is 39.1 Å². The van der Waals surface area contributed by atoms with Gasteiger partial charge < -0.3 is 15.7 Å². The molecule has 0 radical (unpaired) electrons. The zero-order valence-corrected chi connectivity index (χ0v) is 22.5. The molecule has 0 spiro atoms. The number of alkyl halides is 1. The fraction of sp³-hybridized carbons (Fsp3) is 0.261. The molecular weight excluding hydrogens is 544 g/mol. The zero-order valence-electron chi connectivity index (χ0n) is 20.1. The molecule has 3 aromatic rings. The number of rotatable bonds is 9. The minimum absolute atomic E-state index is 0.132. The maximum atomic E-state index is 12.2. The number of phenols is 1. The second kappa shape index (κ2) is 11.0. The van der Waals surface area contributed by atoms with Crippen molar-refractivity contribution in [2.45, 2.75) is 18.7 Å². The van der Waals surface area contributed by atoms with Crippen LogP contribution in [0.3, 0.4) is 0 Å². The van der Waals surface area contributed by atoms with Gasteiger partial charge >= 0.3 is 0 Å². The number of aromatic hydroxyl groups is 1. The number of sulfone groups is 1. The Morgan fingerprint density at radius 3 is 2.38 bits per heavy atom. The number of amides is 1. The van der Waals surface area contributed by atoms with Crippen LogP contribution in [0.25, 0.3) is 10.8 Å². The lowest BCUT2D eigenvalue weighted by atomic mass is 10.0. The maximum absolute atomic E-state index is 12.2. The molecular formula is C23H25ClN4O7S2. The zero-order chi connectivity index (χ0) is 27.5. The molecule has 37 heavy (non-hydrogen) atoms. The molecule has 11 nitrogen and oxygen atoms in total. The molecule has 3 aromatic carbocycles. The van der Waals surface area contributed by atoms with Gasteiger partial charge in [0.15, 0.2) is 15.6 Å². The van der Waals surface area contributed by atoms with Crippen molar-refractivity contribution < 1.29 is 31.3 Å². The van der Waals surface area contributed by atoms with Crippen molar-refractivity contribution in [2.75, 3.05) is 35.1 Å². The number of azo groups is 1.